The number of nitrogens with one attached hydrogen (secondary N) is 1. The molecule has 3 rings (SSSR count). The van der Waals surface area contributed by atoms with Crippen molar-refractivity contribution in [3.05, 3.63) is 95.1 Å². The number of hydrogen-bond donors (Lipinski definition) is 1. The van der Waals surface area contributed by atoms with Crippen molar-refractivity contribution in [1.82, 2.24) is 5.32 Å². The number of rotatable bonds is 8. The molecule has 0 saturated carbocycles. The molecular formula is C25H27NO4S. The van der Waals surface area contributed by atoms with Crippen LogP contribution in [0.3, 0.4) is 0 Å². The summed E-state index contributed by atoms with van der Waals surface area (Å²) in [6, 6.07) is 23.3. The fraction of sp³-hybridized carbons (Fsp3) is 0.240. The molecule has 0 heterocycles. The van der Waals surface area contributed by atoms with Gasteiger partial charge in [-0.2, -0.15) is 8.42 Å². The molecule has 162 valence electrons. The molecule has 31 heavy (non-hydrogen) atoms. The van der Waals surface area contributed by atoms with Crippen molar-refractivity contribution in [1.29, 1.82) is 0 Å². The first-order valence-corrected chi connectivity index (χ1v) is 11.9. The molecule has 1 atom stereocenters. The Kier molecular flexibility index (Phi) is 7.25. The van der Waals surface area contributed by atoms with Crippen LogP contribution in [0.25, 0.3) is 11.1 Å². The molecule has 3 aromatic rings. The monoisotopic (exact) mass is 437 g/mol. The Bertz CT molecular complexity index is 1140. The number of benzene rings is 3. The number of carbonyl (C=O) groups excluding carboxylic acids is 1. The molecule has 6 heteroatoms. The van der Waals surface area contributed by atoms with Gasteiger partial charge in [0.1, 0.15) is 0 Å². The molecule has 0 radical (unpaired) electrons. The standard InChI is InChI=1S/C25H27NO4S/c1-18-14-22(16-19(2)30-31(3,28)29)24(23(15-18)21-12-8-5-9-13-21)25(27)26-17-20-10-6-4-7-11-20/h4-15,19H,16-17H2,1-3H3,(H,26,27). The Morgan fingerprint density at radius 1 is 1.00 bits per heavy atom. The van der Waals surface area contributed by atoms with E-state index in [4.69, 9.17) is 4.18 Å². The molecule has 0 spiro atoms. The average Bonchev–Trinajstić information content (AvgIpc) is 2.71. The third-order valence-electron chi connectivity index (χ3n) is 4.82. The van der Waals surface area contributed by atoms with Crippen molar-refractivity contribution in [2.24, 2.45) is 0 Å². The average molecular weight is 438 g/mol. The summed E-state index contributed by atoms with van der Waals surface area (Å²) >= 11 is 0. The lowest BCUT2D eigenvalue weighted by Crippen LogP contribution is -2.26. The minimum Gasteiger partial charge on any atom is -0.348 e. The molecule has 0 aliphatic heterocycles. The summed E-state index contributed by atoms with van der Waals surface area (Å²) in [5.41, 5.74) is 5.01. The van der Waals surface area contributed by atoms with Crippen LogP contribution < -0.4 is 5.32 Å². The third kappa shape index (κ3) is 6.51. The van der Waals surface area contributed by atoms with E-state index in [-0.39, 0.29) is 5.91 Å². The second-order valence-electron chi connectivity index (χ2n) is 7.70. The molecule has 1 unspecified atom stereocenters. The smallest absolute Gasteiger partial charge is 0.264 e. The van der Waals surface area contributed by atoms with Crippen molar-refractivity contribution in [3.8, 4) is 11.1 Å². The Morgan fingerprint density at radius 2 is 1.61 bits per heavy atom. The van der Waals surface area contributed by atoms with Gasteiger partial charge in [-0.15, -0.1) is 0 Å². The molecule has 0 aliphatic rings. The topological polar surface area (TPSA) is 72.5 Å². The molecule has 5 nitrogen and oxygen atoms in total. The van der Waals surface area contributed by atoms with Crippen LogP contribution in [-0.4, -0.2) is 26.7 Å². The summed E-state index contributed by atoms with van der Waals surface area (Å²) in [7, 11) is -3.60. The zero-order chi connectivity index (χ0) is 22.4. The Balaban J connectivity index is 2.00. The highest BCUT2D eigenvalue weighted by Crippen LogP contribution is 2.29. The maximum atomic E-state index is 13.3. The zero-order valence-corrected chi connectivity index (χ0v) is 18.8. The Morgan fingerprint density at radius 3 is 2.23 bits per heavy atom. The van der Waals surface area contributed by atoms with E-state index in [0.29, 0.717) is 18.5 Å². The largest absolute Gasteiger partial charge is 0.348 e. The van der Waals surface area contributed by atoms with Crippen LogP contribution in [0.5, 0.6) is 0 Å². The minimum absolute atomic E-state index is 0.204. The summed E-state index contributed by atoms with van der Waals surface area (Å²) in [5.74, 6) is -0.204. The molecule has 0 saturated heterocycles. The summed E-state index contributed by atoms with van der Waals surface area (Å²) in [6.45, 7) is 4.05. The minimum atomic E-state index is -3.60. The van der Waals surface area contributed by atoms with Crippen LogP contribution >= 0.6 is 0 Å². The summed E-state index contributed by atoms with van der Waals surface area (Å²) in [4.78, 5) is 13.3. The van der Waals surface area contributed by atoms with E-state index in [9.17, 15) is 13.2 Å². The fourth-order valence-corrected chi connectivity index (χ4v) is 4.31. The molecule has 0 bridgehead atoms. The normalized spacial score (nSPS) is 12.4. The molecule has 1 N–H and O–H groups in total. The Hall–Kier alpha value is -2.96. The predicted octanol–water partition coefficient (Wildman–Crippen LogP) is 4.50. The molecule has 0 fully saturated rings. The van der Waals surface area contributed by atoms with Crippen LogP contribution in [0.4, 0.5) is 0 Å². The van der Waals surface area contributed by atoms with Crippen LogP contribution in [0.2, 0.25) is 0 Å². The van der Waals surface area contributed by atoms with Crippen molar-refractivity contribution >= 4 is 16.0 Å². The van der Waals surface area contributed by atoms with Crippen molar-refractivity contribution in [2.45, 2.75) is 32.9 Å². The van der Waals surface area contributed by atoms with E-state index in [1.807, 2.05) is 79.7 Å². The molecular weight excluding hydrogens is 410 g/mol. The van der Waals surface area contributed by atoms with E-state index in [1.54, 1.807) is 6.92 Å². The first-order chi connectivity index (χ1) is 14.7. The number of amides is 1. The van der Waals surface area contributed by atoms with Gasteiger partial charge in [-0.05, 0) is 36.1 Å². The van der Waals surface area contributed by atoms with Gasteiger partial charge in [0.2, 0.25) is 0 Å². The van der Waals surface area contributed by atoms with E-state index >= 15 is 0 Å². The number of carbonyl (C=O) groups is 1. The van der Waals surface area contributed by atoms with Gasteiger partial charge in [-0.25, -0.2) is 0 Å². The second-order valence-corrected chi connectivity index (χ2v) is 9.30. The second kappa shape index (κ2) is 9.90. The van der Waals surface area contributed by atoms with Gasteiger partial charge in [0, 0.05) is 13.0 Å². The van der Waals surface area contributed by atoms with Gasteiger partial charge < -0.3 is 5.32 Å². The quantitative estimate of drug-likeness (QED) is 0.527. The number of hydrogen-bond acceptors (Lipinski definition) is 4. The maximum absolute atomic E-state index is 13.3. The number of aryl methyl sites for hydroxylation is 1. The van der Waals surface area contributed by atoms with Gasteiger partial charge in [0.05, 0.1) is 17.9 Å². The van der Waals surface area contributed by atoms with E-state index < -0.39 is 16.2 Å². The summed E-state index contributed by atoms with van der Waals surface area (Å²) in [6.07, 6.45) is 0.728. The van der Waals surface area contributed by atoms with E-state index in [0.717, 1.165) is 34.1 Å². The first kappa shape index (κ1) is 22.7. The highest BCUT2D eigenvalue weighted by atomic mass is 32.2. The molecule has 3 aromatic carbocycles. The van der Waals surface area contributed by atoms with Crippen LogP contribution in [-0.2, 0) is 27.3 Å². The zero-order valence-electron chi connectivity index (χ0n) is 18.0. The fourth-order valence-electron chi connectivity index (χ4n) is 3.64. The molecule has 1 amide bonds. The summed E-state index contributed by atoms with van der Waals surface area (Å²) in [5, 5.41) is 3.01. The highest BCUT2D eigenvalue weighted by molar-refractivity contribution is 7.86. The lowest BCUT2D eigenvalue weighted by atomic mass is 9.90. The van der Waals surface area contributed by atoms with Crippen LogP contribution in [0.15, 0.2) is 72.8 Å². The molecule has 0 aliphatic carbocycles. The lowest BCUT2D eigenvalue weighted by molar-refractivity contribution is 0.0950. The third-order valence-corrected chi connectivity index (χ3v) is 5.50. The van der Waals surface area contributed by atoms with Gasteiger partial charge in [-0.3, -0.25) is 8.98 Å². The van der Waals surface area contributed by atoms with E-state index in [1.165, 1.54) is 0 Å². The van der Waals surface area contributed by atoms with Crippen LogP contribution in [0.1, 0.15) is 34.0 Å². The van der Waals surface area contributed by atoms with Gasteiger partial charge in [-0.1, -0.05) is 78.4 Å². The van der Waals surface area contributed by atoms with Crippen molar-refractivity contribution in [2.75, 3.05) is 6.26 Å². The maximum Gasteiger partial charge on any atom is 0.264 e. The highest BCUT2D eigenvalue weighted by Gasteiger charge is 2.21. The van der Waals surface area contributed by atoms with Gasteiger partial charge in [0.15, 0.2) is 0 Å². The van der Waals surface area contributed by atoms with E-state index in [2.05, 4.69) is 5.32 Å². The van der Waals surface area contributed by atoms with Gasteiger partial charge >= 0.3 is 0 Å². The summed E-state index contributed by atoms with van der Waals surface area (Å²) < 4.78 is 28.3. The van der Waals surface area contributed by atoms with Crippen molar-refractivity contribution < 1.29 is 17.4 Å². The lowest BCUT2D eigenvalue weighted by Gasteiger charge is -2.19. The predicted molar refractivity (Wildman–Crippen MR) is 123 cm³/mol. The van der Waals surface area contributed by atoms with Gasteiger partial charge in [0.25, 0.3) is 16.0 Å². The SMILES string of the molecule is Cc1cc(CC(C)OS(C)(=O)=O)c(C(=O)NCc2ccccc2)c(-c2ccccc2)c1. The molecule has 0 aromatic heterocycles. The van der Waals surface area contributed by atoms with Crippen molar-refractivity contribution in [3.63, 3.8) is 0 Å². The first-order valence-electron chi connectivity index (χ1n) is 10.1. The Labute approximate surface area is 184 Å². The van der Waals surface area contributed by atoms with Crippen LogP contribution in [0, 0.1) is 6.92 Å².